The quantitative estimate of drug-likeness (QED) is 0.376. The average Bonchev–Trinajstić information content (AvgIpc) is 3.70. The Morgan fingerprint density at radius 2 is 1.79 bits per heavy atom. The lowest BCUT2D eigenvalue weighted by molar-refractivity contribution is -0.129. The number of nitrogens with zero attached hydrogens (tertiary/aromatic N) is 2. The number of hydrogen-bond acceptors (Lipinski definition) is 6. The van der Waals surface area contributed by atoms with Crippen LogP contribution >= 0.6 is 0 Å². The lowest BCUT2D eigenvalue weighted by atomic mass is 9.82. The van der Waals surface area contributed by atoms with Crippen LogP contribution in [0.3, 0.4) is 0 Å². The molecular formula is C31H29N3O4. The van der Waals surface area contributed by atoms with E-state index >= 15 is 0 Å². The zero-order chi connectivity index (χ0) is 26.9. The minimum Gasteiger partial charge on any atom is -0.378 e. The minimum atomic E-state index is -1.95. The molecule has 1 saturated carbocycles. The van der Waals surface area contributed by atoms with Crippen molar-refractivity contribution in [3.8, 4) is 11.8 Å². The number of aryl methyl sites for hydroxylation is 1. The molecule has 5 rings (SSSR count). The van der Waals surface area contributed by atoms with E-state index in [9.17, 15) is 14.7 Å². The Kier molecular flexibility index (Phi) is 6.52. The molecule has 1 fully saturated rings. The predicted octanol–water partition coefficient (Wildman–Crippen LogP) is 4.41. The van der Waals surface area contributed by atoms with Crippen LogP contribution in [0, 0.1) is 18.8 Å². The molecule has 7 nitrogen and oxygen atoms in total. The molecule has 2 N–H and O–H groups in total. The van der Waals surface area contributed by atoms with Gasteiger partial charge in [-0.3, -0.25) is 4.79 Å². The van der Waals surface area contributed by atoms with Crippen molar-refractivity contribution in [3.63, 3.8) is 0 Å². The van der Waals surface area contributed by atoms with Gasteiger partial charge in [0.05, 0.1) is 11.1 Å². The van der Waals surface area contributed by atoms with Crippen molar-refractivity contribution in [2.75, 3.05) is 24.3 Å². The summed E-state index contributed by atoms with van der Waals surface area (Å²) in [7, 11) is 3.92. The molecule has 1 aliphatic rings. The second kappa shape index (κ2) is 9.81. The summed E-state index contributed by atoms with van der Waals surface area (Å²) in [5.41, 5.74) is 0.938. The lowest BCUT2D eigenvalue weighted by Crippen LogP contribution is -2.44. The first kappa shape index (κ1) is 25.2. The van der Waals surface area contributed by atoms with Crippen LogP contribution < -0.4 is 15.8 Å². The number of hydrogen-bond donors (Lipinski definition) is 2. The van der Waals surface area contributed by atoms with Crippen molar-refractivity contribution >= 4 is 28.1 Å². The molecule has 3 aromatic carbocycles. The molecule has 0 aliphatic heterocycles. The Bertz CT molecular complexity index is 1610. The highest BCUT2D eigenvalue weighted by Crippen LogP contribution is 2.53. The first-order valence-electron chi connectivity index (χ1n) is 12.5. The first-order chi connectivity index (χ1) is 18.2. The lowest BCUT2D eigenvalue weighted by Gasteiger charge is -2.27. The molecule has 1 atom stereocenters. The van der Waals surface area contributed by atoms with Gasteiger partial charge in [-0.1, -0.05) is 47.3 Å². The molecule has 192 valence electrons. The number of nitrogens with one attached hydrogen (secondary N) is 1. The Hall–Kier alpha value is -4.41. The third kappa shape index (κ3) is 5.04. The van der Waals surface area contributed by atoms with Gasteiger partial charge in [0.1, 0.15) is 0 Å². The number of anilines is 2. The van der Waals surface area contributed by atoms with Crippen LogP contribution in [0.1, 0.15) is 36.1 Å². The first-order valence-corrected chi connectivity index (χ1v) is 12.5. The molecule has 1 heterocycles. The summed E-state index contributed by atoms with van der Waals surface area (Å²) in [6.07, 6.45) is 1.89. The molecule has 0 saturated heterocycles. The molecule has 0 radical (unpaired) electrons. The molecule has 1 unspecified atom stereocenters. The maximum atomic E-state index is 13.7. The van der Waals surface area contributed by atoms with E-state index in [0.29, 0.717) is 27.7 Å². The molecule has 38 heavy (non-hydrogen) atoms. The van der Waals surface area contributed by atoms with E-state index in [4.69, 9.17) is 4.52 Å². The molecule has 1 amide bonds. The maximum Gasteiger partial charge on any atom is 0.366 e. The monoisotopic (exact) mass is 507 g/mol. The van der Waals surface area contributed by atoms with Crippen LogP contribution in [0.2, 0.25) is 0 Å². The number of aliphatic hydroxyl groups is 1. The normalized spacial score (nSPS) is 15.2. The minimum absolute atomic E-state index is 0.163. The van der Waals surface area contributed by atoms with Gasteiger partial charge in [0.15, 0.2) is 0 Å². The van der Waals surface area contributed by atoms with Crippen molar-refractivity contribution < 1.29 is 14.4 Å². The number of aromatic nitrogens is 1. The zero-order valence-corrected chi connectivity index (χ0v) is 21.6. The standard InChI is InChI=1S/C31H29N3O4/c1-21-27-19-24(11-14-26(27)28(35)38-33-21)32-29(36)31(37,16-15-22-9-12-25(13-10-22)34(2)3)20-30(17-18-30)23-7-5-4-6-8-23/h4-14,19,37H,17-18,20H2,1-3H3,(H,32,36). The largest absolute Gasteiger partial charge is 0.378 e. The van der Waals surface area contributed by atoms with E-state index < -0.39 is 17.1 Å². The summed E-state index contributed by atoms with van der Waals surface area (Å²) in [6.45, 7) is 1.72. The van der Waals surface area contributed by atoms with Crippen molar-refractivity contribution in [1.82, 2.24) is 5.16 Å². The highest BCUT2D eigenvalue weighted by atomic mass is 16.5. The van der Waals surface area contributed by atoms with Crippen molar-refractivity contribution in [2.24, 2.45) is 0 Å². The molecule has 7 heteroatoms. The van der Waals surface area contributed by atoms with Gasteiger partial charge in [0.2, 0.25) is 5.60 Å². The third-order valence-corrected chi connectivity index (χ3v) is 7.16. The highest BCUT2D eigenvalue weighted by Gasteiger charge is 2.52. The van der Waals surface area contributed by atoms with Crippen LogP contribution in [0.15, 0.2) is 82.1 Å². The summed E-state index contributed by atoms with van der Waals surface area (Å²) in [4.78, 5) is 27.7. The summed E-state index contributed by atoms with van der Waals surface area (Å²) in [5.74, 6) is 5.31. The van der Waals surface area contributed by atoms with E-state index in [-0.39, 0.29) is 11.8 Å². The van der Waals surface area contributed by atoms with Crippen LogP contribution in [-0.2, 0) is 10.2 Å². The number of fused-ring (bicyclic) bond motifs is 1. The van der Waals surface area contributed by atoms with Gasteiger partial charge in [-0.25, -0.2) is 4.79 Å². The number of carbonyl (C=O) groups is 1. The van der Waals surface area contributed by atoms with E-state index in [2.05, 4.69) is 22.3 Å². The Morgan fingerprint density at radius 3 is 2.45 bits per heavy atom. The van der Waals surface area contributed by atoms with Crippen molar-refractivity contribution in [3.05, 3.63) is 100 Å². The number of carbonyl (C=O) groups excluding carboxylic acids is 1. The van der Waals surface area contributed by atoms with Crippen LogP contribution in [0.25, 0.3) is 10.8 Å². The molecular weight excluding hydrogens is 478 g/mol. The van der Waals surface area contributed by atoms with Gasteiger partial charge in [0, 0.05) is 42.8 Å². The van der Waals surface area contributed by atoms with E-state index in [1.807, 2.05) is 73.6 Å². The average molecular weight is 508 g/mol. The van der Waals surface area contributed by atoms with E-state index in [1.54, 1.807) is 25.1 Å². The van der Waals surface area contributed by atoms with Crippen LogP contribution in [0.4, 0.5) is 11.4 Å². The fourth-order valence-corrected chi connectivity index (χ4v) is 4.74. The highest BCUT2D eigenvalue weighted by molar-refractivity contribution is 6.01. The molecule has 1 aliphatic carbocycles. The van der Waals surface area contributed by atoms with Crippen LogP contribution in [-0.4, -0.2) is 35.9 Å². The Labute approximate surface area is 221 Å². The fourth-order valence-electron chi connectivity index (χ4n) is 4.74. The van der Waals surface area contributed by atoms with Crippen molar-refractivity contribution in [1.29, 1.82) is 0 Å². The number of rotatable bonds is 6. The van der Waals surface area contributed by atoms with Crippen LogP contribution in [0.5, 0.6) is 0 Å². The predicted molar refractivity (Wildman–Crippen MR) is 148 cm³/mol. The second-order valence-electron chi connectivity index (χ2n) is 10.1. The molecule has 1 aromatic heterocycles. The molecule has 0 bridgehead atoms. The zero-order valence-electron chi connectivity index (χ0n) is 21.6. The Morgan fingerprint density at radius 1 is 1.08 bits per heavy atom. The number of benzene rings is 3. The Balaban J connectivity index is 1.49. The molecule has 0 spiro atoms. The SMILES string of the molecule is Cc1noc(=O)c2ccc(NC(=O)C(O)(C#Cc3ccc(N(C)C)cc3)CC3(c4ccccc4)CC3)cc12. The second-order valence-corrected chi connectivity index (χ2v) is 10.1. The molecule has 4 aromatic rings. The van der Waals surface area contributed by atoms with E-state index in [0.717, 1.165) is 24.1 Å². The van der Waals surface area contributed by atoms with Gasteiger partial charge in [-0.2, -0.15) is 0 Å². The van der Waals surface area contributed by atoms with Crippen molar-refractivity contribution in [2.45, 2.75) is 37.2 Å². The smallest absolute Gasteiger partial charge is 0.366 e. The van der Waals surface area contributed by atoms with Gasteiger partial charge in [-0.05, 0) is 73.2 Å². The summed E-state index contributed by atoms with van der Waals surface area (Å²) in [6, 6.07) is 22.4. The maximum absolute atomic E-state index is 13.7. The van der Waals surface area contributed by atoms with Gasteiger partial charge in [0.25, 0.3) is 5.91 Å². The van der Waals surface area contributed by atoms with Gasteiger partial charge in [-0.15, -0.1) is 0 Å². The van der Waals surface area contributed by atoms with Gasteiger partial charge < -0.3 is 19.8 Å². The number of amides is 1. The van der Waals surface area contributed by atoms with Gasteiger partial charge >= 0.3 is 5.63 Å². The topological polar surface area (TPSA) is 95.7 Å². The fraction of sp³-hybridized carbons (Fsp3) is 0.258. The summed E-state index contributed by atoms with van der Waals surface area (Å²) >= 11 is 0. The van der Waals surface area contributed by atoms with E-state index in [1.165, 1.54) is 0 Å². The summed E-state index contributed by atoms with van der Waals surface area (Å²) in [5, 5.41) is 19.4. The third-order valence-electron chi connectivity index (χ3n) is 7.16. The summed E-state index contributed by atoms with van der Waals surface area (Å²) < 4.78 is 4.79.